The van der Waals surface area contributed by atoms with E-state index >= 15 is 0 Å². The maximum atomic E-state index is 5.88. The fourth-order valence-corrected chi connectivity index (χ4v) is 1.81. The number of hydrogen-bond donors (Lipinski definition) is 1. The maximum Gasteiger partial charge on any atom is 0.158 e. The highest BCUT2D eigenvalue weighted by molar-refractivity contribution is 7.98. The molecule has 16 heavy (non-hydrogen) atoms. The molecule has 2 aromatic heterocycles. The van der Waals surface area contributed by atoms with Crippen LogP contribution >= 0.6 is 11.8 Å². The summed E-state index contributed by atoms with van der Waals surface area (Å²) in [6.45, 7) is 3.81. The fraction of sp³-hybridized carbons (Fsp3) is 0.300. The van der Waals surface area contributed by atoms with Gasteiger partial charge in [-0.1, -0.05) is 0 Å². The van der Waals surface area contributed by atoms with Crippen molar-refractivity contribution in [1.82, 2.24) is 19.7 Å². The molecule has 6 heteroatoms. The standard InChI is InChI=1S/C10H13N5S/c1-6-10(11)7(2)15(14-6)8-4-9(16-3)13-5-12-8/h4-5H,11H2,1-3H3. The molecule has 2 aromatic rings. The highest BCUT2D eigenvalue weighted by Gasteiger charge is 2.10. The van der Waals surface area contributed by atoms with Crippen molar-refractivity contribution in [3.05, 3.63) is 23.8 Å². The summed E-state index contributed by atoms with van der Waals surface area (Å²) in [4.78, 5) is 8.32. The molecule has 0 spiro atoms. The van der Waals surface area contributed by atoms with E-state index in [0.717, 1.165) is 22.2 Å². The predicted molar refractivity (Wildman–Crippen MR) is 64.8 cm³/mol. The van der Waals surface area contributed by atoms with E-state index in [-0.39, 0.29) is 0 Å². The number of rotatable bonds is 2. The van der Waals surface area contributed by atoms with E-state index in [9.17, 15) is 0 Å². The molecular formula is C10H13N5S. The van der Waals surface area contributed by atoms with Crippen molar-refractivity contribution in [3.63, 3.8) is 0 Å². The first-order valence-electron chi connectivity index (χ1n) is 4.81. The van der Waals surface area contributed by atoms with Crippen molar-refractivity contribution in [2.45, 2.75) is 18.9 Å². The Balaban J connectivity index is 2.54. The first-order valence-corrected chi connectivity index (χ1v) is 6.04. The van der Waals surface area contributed by atoms with Gasteiger partial charge in [0.1, 0.15) is 11.4 Å². The third kappa shape index (κ3) is 1.76. The molecule has 0 aliphatic heterocycles. The van der Waals surface area contributed by atoms with E-state index in [1.165, 1.54) is 6.33 Å². The lowest BCUT2D eigenvalue weighted by Crippen LogP contribution is -2.03. The summed E-state index contributed by atoms with van der Waals surface area (Å²) in [5.41, 5.74) is 8.32. The van der Waals surface area contributed by atoms with Crippen LogP contribution in [0.2, 0.25) is 0 Å². The van der Waals surface area contributed by atoms with Gasteiger partial charge in [0.15, 0.2) is 5.82 Å². The van der Waals surface area contributed by atoms with Crippen molar-refractivity contribution in [3.8, 4) is 5.82 Å². The number of aromatic nitrogens is 4. The third-order valence-corrected chi connectivity index (χ3v) is 3.04. The predicted octanol–water partition coefficient (Wildman–Crippen LogP) is 1.58. The van der Waals surface area contributed by atoms with Gasteiger partial charge in [-0.05, 0) is 20.1 Å². The summed E-state index contributed by atoms with van der Waals surface area (Å²) in [5.74, 6) is 0.747. The summed E-state index contributed by atoms with van der Waals surface area (Å²) in [5, 5.41) is 5.26. The quantitative estimate of drug-likeness (QED) is 0.632. The van der Waals surface area contributed by atoms with Crippen molar-refractivity contribution in [2.24, 2.45) is 0 Å². The minimum atomic E-state index is 0.712. The van der Waals surface area contributed by atoms with Gasteiger partial charge in [-0.3, -0.25) is 0 Å². The van der Waals surface area contributed by atoms with E-state index in [4.69, 9.17) is 5.73 Å². The minimum absolute atomic E-state index is 0.712. The number of hydrogen-bond acceptors (Lipinski definition) is 5. The molecule has 0 fully saturated rings. The van der Waals surface area contributed by atoms with Crippen LogP contribution in [0.25, 0.3) is 5.82 Å². The molecule has 2 N–H and O–H groups in total. The lowest BCUT2D eigenvalue weighted by Gasteiger charge is -2.03. The molecule has 0 saturated carbocycles. The van der Waals surface area contributed by atoms with Crippen LogP contribution in [0.3, 0.4) is 0 Å². The summed E-state index contributed by atoms with van der Waals surface area (Å²) >= 11 is 1.57. The molecule has 0 aliphatic rings. The van der Waals surface area contributed by atoms with Crippen LogP contribution < -0.4 is 5.73 Å². The van der Waals surface area contributed by atoms with Gasteiger partial charge in [0.2, 0.25) is 0 Å². The van der Waals surface area contributed by atoms with Gasteiger partial charge in [-0.2, -0.15) is 5.10 Å². The van der Waals surface area contributed by atoms with Crippen LogP contribution in [-0.2, 0) is 0 Å². The van der Waals surface area contributed by atoms with Crippen LogP contribution in [0.15, 0.2) is 17.4 Å². The normalized spacial score (nSPS) is 10.7. The highest BCUT2D eigenvalue weighted by Crippen LogP contribution is 2.20. The van der Waals surface area contributed by atoms with Crippen LogP contribution in [0.1, 0.15) is 11.4 Å². The average Bonchev–Trinajstić information content (AvgIpc) is 2.57. The number of aryl methyl sites for hydroxylation is 1. The lowest BCUT2D eigenvalue weighted by molar-refractivity contribution is 0.792. The van der Waals surface area contributed by atoms with Crippen molar-refractivity contribution in [1.29, 1.82) is 0 Å². The smallest absolute Gasteiger partial charge is 0.158 e. The van der Waals surface area contributed by atoms with Crippen molar-refractivity contribution < 1.29 is 0 Å². The molecule has 0 radical (unpaired) electrons. The van der Waals surface area contributed by atoms with E-state index in [1.807, 2.05) is 26.2 Å². The fourth-order valence-electron chi connectivity index (χ4n) is 1.44. The highest BCUT2D eigenvalue weighted by atomic mass is 32.2. The first kappa shape index (κ1) is 10.9. The Morgan fingerprint density at radius 2 is 2.06 bits per heavy atom. The van der Waals surface area contributed by atoms with E-state index in [1.54, 1.807) is 16.4 Å². The number of anilines is 1. The number of nitrogens with zero attached hydrogens (tertiary/aromatic N) is 4. The Labute approximate surface area is 98.1 Å². The van der Waals surface area contributed by atoms with Crippen molar-refractivity contribution in [2.75, 3.05) is 12.0 Å². The third-order valence-electron chi connectivity index (χ3n) is 2.40. The molecule has 0 saturated heterocycles. The molecular weight excluding hydrogens is 222 g/mol. The molecule has 2 heterocycles. The van der Waals surface area contributed by atoms with Gasteiger partial charge in [0.25, 0.3) is 0 Å². The lowest BCUT2D eigenvalue weighted by atomic mass is 10.3. The Kier molecular flexibility index (Phi) is 2.82. The Bertz CT molecular complexity index is 520. The van der Waals surface area contributed by atoms with Gasteiger partial charge in [-0.25, -0.2) is 14.6 Å². The number of nitrogens with two attached hydrogens (primary N) is 1. The first-order chi connectivity index (χ1) is 7.63. The van der Waals surface area contributed by atoms with Gasteiger partial charge >= 0.3 is 0 Å². The van der Waals surface area contributed by atoms with Crippen LogP contribution in [0.4, 0.5) is 5.69 Å². The zero-order valence-corrected chi connectivity index (χ0v) is 10.2. The van der Waals surface area contributed by atoms with Crippen LogP contribution in [-0.4, -0.2) is 26.0 Å². The van der Waals surface area contributed by atoms with Crippen LogP contribution in [0, 0.1) is 13.8 Å². The second kappa shape index (κ2) is 4.13. The number of thioether (sulfide) groups is 1. The molecule has 5 nitrogen and oxygen atoms in total. The average molecular weight is 235 g/mol. The van der Waals surface area contributed by atoms with Gasteiger partial charge < -0.3 is 5.73 Å². The van der Waals surface area contributed by atoms with Gasteiger partial charge in [0, 0.05) is 6.07 Å². The summed E-state index contributed by atoms with van der Waals surface area (Å²) in [7, 11) is 0. The topological polar surface area (TPSA) is 69.6 Å². The van der Waals surface area contributed by atoms with Gasteiger partial charge in [0.05, 0.1) is 17.1 Å². The molecule has 2 rings (SSSR count). The largest absolute Gasteiger partial charge is 0.396 e. The zero-order chi connectivity index (χ0) is 11.7. The van der Waals surface area contributed by atoms with E-state index in [0.29, 0.717) is 5.69 Å². The summed E-state index contributed by atoms with van der Waals surface area (Å²) in [6.07, 6.45) is 3.51. The van der Waals surface area contributed by atoms with Gasteiger partial charge in [-0.15, -0.1) is 11.8 Å². The van der Waals surface area contributed by atoms with Crippen LogP contribution in [0.5, 0.6) is 0 Å². The second-order valence-electron chi connectivity index (χ2n) is 3.41. The Hall–Kier alpha value is -1.56. The van der Waals surface area contributed by atoms with Crippen molar-refractivity contribution >= 4 is 17.4 Å². The second-order valence-corrected chi connectivity index (χ2v) is 4.24. The molecule has 84 valence electrons. The Morgan fingerprint density at radius 1 is 1.31 bits per heavy atom. The summed E-state index contributed by atoms with van der Waals surface area (Å²) in [6, 6.07) is 1.89. The molecule has 0 amide bonds. The minimum Gasteiger partial charge on any atom is -0.396 e. The Morgan fingerprint density at radius 3 is 2.62 bits per heavy atom. The molecule has 0 aliphatic carbocycles. The molecule has 0 atom stereocenters. The van der Waals surface area contributed by atoms with E-state index in [2.05, 4.69) is 15.1 Å². The SMILES string of the molecule is CSc1cc(-n2nc(C)c(N)c2C)ncn1. The zero-order valence-electron chi connectivity index (χ0n) is 9.43. The molecule has 0 bridgehead atoms. The summed E-state index contributed by atoms with van der Waals surface area (Å²) < 4.78 is 1.74. The maximum absolute atomic E-state index is 5.88. The number of nitrogen functional groups attached to an aromatic ring is 1. The molecule has 0 aromatic carbocycles. The van der Waals surface area contributed by atoms with E-state index < -0.39 is 0 Å². The monoisotopic (exact) mass is 235 g/mol. The molecule has 0 unspecified atom stereocenters.